The van der Waals surface area contributed by atoms with Gasteiger partial charge in [-0.2, -0.15) is 0 Å². The second-order valence-electron chi connectivity index (χ2n) is 4.57. The van der Waals surface area contributed by atoms with E-state index in [1.54, 1.807) is 0 Å². The van der Waals surface area contributed by atoms with E-state index in [4.69, 9.17) is 23.2 Å². The number of hydrogen-bond donors (Lipinski definition) is 1. The minimum Gasteiger partial charge on any atom is -0.352 e. The van der Waals surface area contributed by atoms with Crippen LogP contribution >= 0.6 is 23.2 Å². The van der Waals surface area contributed by atoms with Crippen molar-refractivity contribution in [1.82, 2.24) is 15.5 Å². The third-order valence-corrected chi connectivity index (χ3v) is 3.74. The molecule has 0 aliphatic heterocycles. The molecule has 2 rings (SSSR count). The van der Waals surface area contributed by atoms with Crippen molar-refractivity contribution in [1.29, 1.82) is 0 Å². The Hall–Kier alpha value is -0.870. The van der Waals surface area contributed by atoms with E-state index in [1.165, 1.54) is 31.7 Å². The average molecular weight is 288 g/mol. The molecule has 0 unspecified atom stereocenters. The number of rotatable bonds is 4. The molecule has 1 aliphatic rings. The van der Waals surface area contributed by atoms with E-state index in [0.717, 1.165) is 12.3 Å². The van der Waals surface area contributed by atoms with Crippen LogP contribution < -0.4 is 5.32 Å². The van der Waals surface area contributed by atoms with E-state index in [1.807, 2.05) is 0 Å². The zero-order valence-corrected chi connectivity index (χ0v) is 11.5. The maximum Gasteiger partial charge on any atom is 0.254 e. The highest BCUT2D eigenvalue weighted by molar-refractivity contribution is 6.34. The largest absolute Gasteiger partial charge is 0.352 e. The molecule has 1 aromatic heterocycles. The Morgan fingerprint density at radius 2 is 2.06 bits per heavy atom. The predicted molar refractivity (Wildman–Crippen MR) is 71.0 cm³/mol. The van der Waals surface area contributed by atoms with Gasteiger partial charge in [-0.25, -0.2) is 0 Å². The van der Waals surface area contributed by atoms with Gasteiger partial charge in [0.2, 0.25) is 0 Å². The van der Waals surface area contributed by atoms with Crippen LogP contribution in [-0.4, -0.2) is 22.6 Å². The lowest BCUT2D eigenvalue weighted by Gasteiger charge is -2.10. The summed E-state index contributed by atoms with van der Waals surface area (Å²) in [4.78, 5) is 11.9. The monoisotopic (exact) mass is 287 g/mol. The van der Waals surface area contributed by atoms with Crippen LogP contribution in [0.3, 0.4) is 0 Å². The van der Waals surface area contributed by atoms with Crippen molar-refractivity contribution in [3.05, 3.63) is 21.9 Å². The van der Waals surface area contributed by atoms with Gasteiger partial charge < -0.3 is 5.32 Å². The summed E-state index contributed by atoms with van der Waals surface area (Å²) >= 11 is 11.5. The van der Waals surface area contributed by atoms with Crippen molar-refractivity contribution >= 4 is 29.1 Å². The maximum absolute atomic E-state index is 11.9. The maximum atomic E-state index is 11.9. The van der Waals surface area contributed by atoms with E-state index < -0.39 is 0 Å². The van der Waals surface area contributed by atoms with Crippen LogP contribution in [0.2, 0.25) is 10.3 Å². The molecule has 0 atom stereocenters. The van der Waals surface area contributed by atoms with Crippen molar-refractivity contribution < 1.29 is 4.79 Å². The second-order valence-corrected chi connectivity index (χ2v) is 5.31. The Bertz CT molecular complexity index is 433. The second kappa shape index (κ2) is 6.34. The quantitative estimate of drug-likeness (QED) is 0.926. The molecule has 1 heterocycles. The summed E-state index contributed by atoms with van der Waals surface area (Å²) in [6.07, 6.45) is 6.21. The third-order valence-electron chi connectivity index (χ3n) is 3.28. The van der Waals surface area contributed by atoms with Crippen LogP contribution in [0.4, 0.5) is 0 Å². The van der Waals surface area contributed by atoms with Crippen LogP contribution in [-0.2, 0) is 0 Å². The number of amides is 1. The Morgan fingerprint density at radius 3 is 2.78 bits per heavy atom. The zero-order chi connectivity index (χ0) is 13.0. The van der Waals surface area contributed by atoms with Crippen LogP contribution in [0.5, 0.6) is 0 Å². The molecule has 1 saturated carbocycles. The first-order chi connectivity index (χ1) is 8.66. The normalized spacial score (nSPS) is 15.9. The smallest absolute Gasteiger partial charge is 0.254 e. The third kappa shape index (κ3) is 3.56. The summed E-state index contributed by atoms with van der Waals surface area (Å²) in [5.41, 5.74) is 0.281. The van der Waals surface area contributed by atoms with Gasteiger partial charge >= 0.3 is 0 Å². The number of halogens is 2. The van der Waals surface area contributed by atoms with E-state index >= 15 is 0 Å². The first kappa shape index (κ1) is 13.6. The number of carbonyl (C=O) groups excluding carboxylic acids is 1. The summed E-state index contributed by atoms with van der Waals surface area (Å²) in [5.74, 6) is 0.509. The average Bonchev–Trinajstić information content (AvgIpc) is 2.85. The summed E-state index contributed by atoms with van der Waals surface area (Å²) in [6.45, 7) is 0.666. The molecule has 1 aliphatic carbocycles. The van der Waals surface area contributed by atoms with Gasteiger partial charge in [-0.05, 0) is 18.4 Å². The molecule has 0 saturated heterocycles. The first-order valence-electron chi connectivity index (χ1n) is 6.13. The van der Waals surface area contributed by atoms with Crippen LogP contribution in [0.15, 0.2) is 6.07 Å². The number of hydrogen-bond acceptors (Lipinski definition) is 3. The summed E-state index contributed by atoms with van der Waals surface area (Å²) < 4.78 is 0. The minimum absolute atomic E-state index is 0.0813. The van der Waals surface area contributed by atoms with E-state index in [2.05, 4.69) is 15.5 Å². The van der Waals surface area contributed by atoms with Crippen LogP contribution in [0, 0.1) is 5.92 Å². The van der Waals surface area contributed by atoms with E-state index in [-0.39, 0.29) is 21.8 Å². The van der Waals surface area contributed by atoms with Gasteiger partial charge in [0.25, 0.3) is 5.91 Å². The molecule has 0 spiro atoms. The molecular weight excluding hydrogens is 273 g/mol. The van der Waals surface area contributed by atoms with Gasteiger partial charge in [0.05, 0.1) is 5.56 Å². The van der Waals surface area contributed by atoms with E-state index in [9.17, 15) is 4.79 Å². The van der Waals surface area contributed by atoms with Crippen LogP contribution in [0.25, 0.3) is 0 Å². The zero-order valence-electron chi connectivity index (χ0n) is 9.96. The van der Waals surface area contributed by atoms with Crippen molar-refractivity contribution in [3.8, 4) is 0 Å². The lowest BCUT2D eigenvalue weighted by atomic mass is 10.0. The van der Waals surface area contributed by atoms with Gasteiger partial charge in [-0.3, -0.25) is 4.79 Å². The van der Waals surface area contributed by atoms with Crippen molar-refractivity contribution in [2.24, 2.45) is 5.92 Å². The lowest BCUT2D eigenvalue weighted by molar-refractivity contribution is 0.0951. The number of aromatic nitrogens is 2. The highest BCUT2D eigenvalue weighted by Gasteiger charge is 2.16. The van der Waals surface area contributed by atoms with Gasteiger partial charge in [0.1, 0.15) is 0 Å². The topological polar surface area (TPSA) is 54.9 Å². The standard InChI is InChI=1S/C12H15Cl2N3O/c13-10-7-9(11(14)17-16-10)12(18)15-6-5-8-3-1-2-4-8/h7-8H,1-6H2,(H,15,18). The van der Waals surface area contributed by atoms with Crippen molar-refractivity contribution in [2.75, 3.05) is 6.54 Å². The van der Waals surface area contributed by atoms with Gasteiger partial charge in [0.15, 0.2) is 10.3 Å². The first-order valence-corrected chi connectivity index (χ1v) is 6.89. The molecule has 1 fully saturated rings. The Morgan fingerprint density at radius 1 is 1.33 bits per heavy atom. The number of nitrogens with one attached hydrogen (secondary N) is 1. The number of nitrogens with zero attached hydrogens (tertiary/aromatic N) is 2. The Labute approximate surface area is 116 Å². The fourth-order valence-corrected chi connectivity index (χ4v) is 2.62. The highest BCUT2D eigenvalue weighted by Crippen LogP contribution is 2.27. The Kier molecular flexibility index (Phi) is 4.78. The molecule has 1 N–H and O–H groups in total. The van der Waals surface area contributed by atoms with Gasteiger partial charge in [-0.1, -0.05) is 48.9 Å². The molecule has 0 aromatic carbocycles. The van der Waals surface area contributed by atoms with Gasteiger partial charge in [-0.15, -0.1) is 10.2 Å². The van der Waals surface area contributed by atoms with Crippen LogP contribution in [0.1, 0.15) is 42.5 Å². The summed E-state index contributed by atoms with van der Waals surface area (Å²) in [5, 5.41) is 10.3. The molecule has 98 valence electrons. The fraction of sp³-hybridized carbons (Fsp3) is 0.583. The van der Waals surface area contributed by atoms with Crippen molar-refractivity contribution in [3.63, 3.8) is 0 Å². The van der Waals surface area contributed by atoms with Crippen molar-refractivity contribution in [2.45, 2.75) is 32.1 Å². The molecular formula is C12H15Cl2N3O. The molecule has 0 bridgehead atoms. The highest BCUT2D eigenvalue weighted by atomic mass is 35.5. The SMILES string of the molecule is O=C(NCCC1CCCC1)c1cc(Cl)nnc1Cl. The molecule has 1 amide bonds. The lowest BCUT2D eigenvalue weighted by Crippen LogP contribution is -2.26. The fourth-order valence-electron chi connectivity index (χ4n) is 2.30. The van der Waals surface area contributed by atoms with E-state index in [0.29, 0.717) is 6.54 Å². The molecule has 0 radical (unpaired) electrons. The molecule has 1 aromatic rings. The summed E-state index contributed by atoms with van der Waals surface area (Å²) in [7, 11) is 0. The molecule has 18 heavy (non-hydrogen) atoms. The minimum atomic E-state index is -0.241. The predicted octanol–water partition coefficient (Wildman–Crippen LogP) is 3.09. The molecule has 4 nitrogen and oxygen atoms in total. The number of carbonyl (C=O) groups is 1. The summed E-state index contributed by atoms with van der Waals surface area (Å²) in [6, 6.07) is 1.43. The van der Waals surface area contributed by atoms with Gasteiger partial charge in [0, 0.05) is 6.54 Å². The Balaban J connectivity index is 1.85. The molecule has 6 heteroatoms.